The van der Waals surface area contributed by atoms with Crippen molar-refractivity contribution in [2.24, 2.45) is 5.92 Å². The Bertz CT molecular complexity index is 979. The summed E-state index contributed by atoms with van der Waals surface area (Å²) in [6.45, 7) is 3.22. The summed E-state index contributed by atoms with van der Waals surface area (Å²) in [5.74, 6) is 1.86. The van der Waals surface area contributed by atoms with E-state index in [9.17, 15) is 9.59 Å². The number of aryl methyl sites for hydroxylation is 1. The first-order chi connectivity index (χ1) is 13.1. The predicted octanol–water partition coefficient (Wildman–Crippen LogP) is 1.69. The highest BCUT2D eigenvalue weighted by Gasteiger charge is 2.26. The Morgan fingerprint density at radius 3 is 2.63 bits per heavy atom. The number of hydrogen-bond acceptors (Lipinski definition) is 4. The van der Waals surface area contributed by atoms with Gasteiger partial charge in [-0.25, -0.2) is 19.4 Å². The molecule has 27 heavy (non-hydrogen) atoms. The predicted molar refractivity (Wildman–Crippen MR) is 99.8 cm³/mol. The number of H-pyrrole nitrogens is 2. The second-order valence-corrected chi connectivity index (χ2v) is 6.94. The SMILES string of the molecule is Cc1ncc(C(=O)N2CCC(Cc3n[nH]c(=O)n3-c3ccccc3)CC2)[nH]1. The number of carbonyl (C=O) groups is 1. The standard InChI is InChI=1S/C19H22N6O2/c1-13-20-12-16(21-13)18(26)24-9-7-14(8-10-24)11-17-22-23-19(27)25(17)15-5-3-2-4-6-15/h2-6,12,14H,7-11H2,1H3,(H,20,21)(H,23,27). The number of amides is 1. The monoisotopic (exact) mass is 366 g/mol. The molecule has 1 aromatic carbocycles. The molecule has 0 radical (unpaired) electrons. The number of likely N-dealkylation sites (tertiary alicyclic amines) is 1. The number of para-hydroxylation sites is 1. The highest BCUT2D eigenvalue weighted by Crippen LogP contribution is 2.22. The van der Waals surface area contributed by atoms with Crippen molar-refractivity contribution in [1.29, 1.82) is 0 Å². The van der Waals surface area contributed by atoms with Gasteiger partial charge in [-0.3, -0.25) is 4.79 Å². The van der Waals surface area contributed by atoms with Crippen LogP contribution in [0.3, 0.4) is 0 Å². The van der Waals surface area contributed by atoms with E-state index in [4.69, 9.17) is 0 Å². The lowest BCUT2D eigenvalue weighted by Gasteiger charge is -2.31. The number of benzene rings is 1. The number of aromatic amines is 2. The summed E-state index contributed by atoms with van der Waals surface area (Å²) in [5.41, 5.74) is 1.13. The third kappa shape index (κ3) is 3.55. The van der Waals surface area contributed by atoms with Crippen LogP contribution in [0, 0.1) is 12.8 Å². The number of carbonyl (C=O) groups excluding carboxylic acids is 1. The molecule has 1 amide bonds. The van der Waals surface area contributed by atoms with Crippen molar-refractivity contribution in [3.05, 3.63) is 64.4 Å². The molecule has 3 heterocycles. The number of aromatic nitrogens is 5. The van der Waals surface area contributed by atoms with Gasteiger partial charge in [0.25, 0.3) is 5.91 Å². The van der Waals surface area contributed by atoms with Gasteiger partial charge in [-0.05, 0) is 37.8 Å². The molecule has 0 aliphatic carbocycles. The molecule has 0 unspecified atom stereocenters. The average Bonchev–Trinajstić information content (AvgIpc) is 3.28. The molecule has 1 aliphatic heterocycles. The Morgan fingerprint density at radius 1 is 1.22 bits per heavy atom. The molecule has 8 heteroatoms. The van der Waals surface area contributed by atoms with Crippen molar-refractivity contribution < 1.29 is 4.79 Å². The molecule has 0 bridgehead atoms. The van der Waals surface area contributed by atoms with Crippen molar-refractivity contribution >= 4 is 5.91 Å². The van der Waals surface area contributed by atoms with Crippen LogP contribution < -0.4 is 5.69 Å². The van der Waals surface area contributed by atoms with Crippen molar-refractivity contribution in [2.75, 3.05) is 13.1 Å². The molecule has 1 aliphatic rings. The zero-order valence-electron chi connectivity index (χ0n) is 15.2. The summed E-state index contributed by atoms with van der Waals surface area (Å²) in [7, 11) is 0. The molecule has 0 atom stereocenters. The lowest BCUT2D eigenvalue weighted by molar-refractivity contribution is 0.0684. The minimum absolute atomic E-state index is 0.00462. The van der Waals surface area contributed by atoms with Gasteiger partial charge in [0.1, 0.15) is 17.3 Å². The van der Waals surface area contributed by atoms with E-state index in [1.54, 1.807) is 10.8 Å². The Kier molecular flexibility index (Phi) is 4.62. The Morgan fingerprint density at radius 2 is 1.96 bits per heavy atom. The van der Waals surface area contributed by atoms with E-state index in [-0.39, 0.29) is 11.6 Å². The van der Waals surface area contributed by atoms with E-state index in [0.717, 1.165) is 30.2 Å². The van der Waals surface area contributed by atoms with E-state index < -0.39 is 0 Å². The molecule has 2 aromatic heterocycles. The van der Waals surface area contributed by atoms with Gasteiger partial charge in [-0.1, -0.05) is 18.2 Å². The van der Waals surface area contributed by atoms with Gasteiger partial charge in [0, 0.05) is 19.5 Å². The minimum atomic E-state index is -0.224. The first kappa shape index (κ1) is 17.3. The molecule has 140 valence electrons. The second kappa shape index (κ2) is 7.22. The largest absolute Gasteiger partial charge is 0.347 e. The van der Waals surface area contributed by atoms with Crippen molar-refractivity contribution in [3.63, 3.8) is 0 Å². The average molecular weight is 366 g/mol. The number of nitrogens with zero attached hydrogens (tertiary/aromatic N) is 4. The van der Waals surface area contributed by atoms with E-state index in [2.05, 4.69) is 20.2 Å². The first-order valence-electron chi connectivity index (χ1n) is 9.14. The molecule has 3 aromatic rings. The summed E-state index contributed by atoms with van der Waals surface area (Å²) < 4.78 is 1.63. The lowest BCUT2D eigenvalue weighted by atomic mass is 9.93. The summed E-state index contributed by atoms with van der Waals surface area (Å²) in [6.07, 6.45) is 4.06. The van der Waals surface area contributed by atoms with Crippen LogP contribution >= 0.6 is 0 Å². The van der Waals surface area contributed by atoms with Gasteiger partial charge in [0.2, 0.25) is 0 Å². The smallest absolute Gasteiger partial charge is 0.338 e. The van der Waals surface area contributed by atoms with Gasteiger partial charge in [-0.15, -0.1) is 0 Å². The van der Waals surface area contributed by atoms with Gasteiger partial charge >= 0.3 is 5.69 Å². The van der Waals surface area contributed by atoms with Crippen LogP contribution in [0.25, 0.3) is 5.69 Å². The molecule has 1 saturated heterocycles. The maximum Gasteiger partial charge on any atom is 0.347 e. The van der Waals surface area contributed by atoms with Crippen molar-refractivity contribution in [2.45, 2.75) is 26.2 Å². The third-order valence-electron chi connectivity index (χ3n) is 5.06. The maximum atomic E-state index is 12.5. The van der Waals surface area contributed by atoms with E-state index in [1.807, 2.05) is 42.2 Å². The fourth-order valence-electron chi connectivity index (χ4n) is 3.61. The fraction of sp³-hybridized carbons (Fsp3) is 0.368. The zero-order valence-corrected chi connectivity index (χ0v) is 15.2. The summed E-state index contributed by atoms with van der Waals surface area (Å²) >= 11 is 0. The van der Waals surface area contributed by atoms with Gasteiger partial charge < -0.3 is 9.88 Å². The Balaban J connectivity index is 1.42. The second-order valence-electron chi connectivity index (χ2n) is 6.94. The Labute approximate surface area is 156 Å². The van der Waals surface area contributed by atoms with Gasteiger partial charge in [0.15, 0.2) is 0 Å². The molecule has 8 nitrogen and oxygen atoms in total. The molecular weight excluding hydrogens is 344 g/mol. The van der Waals surface area contributed by atoms with E-state index in [1.165, 1.54) is 0 Å². The molecule has 1 fully saturated rings. The van der Waals surface area contributed by atoms with Gasteiger partial charge in [-0.2, -0.15) is 5.10 Å². The van der Waals surface area contributed by atoms with Crippen LogP contribution in [-0.4, -0.2) is 48.6 Å². The topological polar surface area (TPSA) is 99.7 Å². The quantitative estimate of drug-likeness (QED) is 0.734. The number of hydrogen-bond donors (Lipinski definition) is 2. The maximum absolute atomic E-state index is 12.5. The number of piperidine rings is 1. The zero-order chi connectivity index (χ0) is 18.8. The van der Waals surface area contributed by atoms with Crippen LogP contribution in [0.5, 0.6) is 0 Å². The molecule has 2 N–H and O–H groups in total. The highest BCUT2D eigenvalue weighted by molar-refractivity contribution is 5.92. The summed E-state index contributed by atoms with van der Waals surface area (Å²) in [4.78, 5) is 33.6. The Hall–Kier alpha value is -3.16. The highest BCUT2D eigenvalue weighted by atomic mass is 16.2. The molecule has 0 saturated carbocycles. The molecular formula is C19H22N6O2. The number of nitrogens with one attached hydrogen (secondary N) is 2. The minimum Gasteiger partial charge on any atom is -0.338 e. The lowest BCUT2D eigenvalue weighted by Crippen LogP contribution is -2.39. The summed E-state index contributed by atoms with van der Waals surface area (Å²) in [6, 6.07) is 9.52. The van der Waals surface area contributed by atoms with Gasteiger partial charge in [0.05, 0.1) is 11.9 Å². The molecule has 4 rings (SSSR count). The van der Waals surface area contributed by atoms with Crippen LogP contribution in [0.1, 0.15) is 35.0 Å². The van der Waals surface area contributed by atoms with E-state index in [0.29, 0.717) is 31.1 Å². The first-order valence-corrected chi connectivity index (χ1v) is 9.14. The number of imidazole rings is 1. The van der Waals surface area contributed by atoms with Crippen molar-refractivity contribution in [3.8, 4) is 5.69 Å². The summed E-state index contributed by atoms with van der Waals surface area (Å²) in [5, 5.41) is 6.78. The fourth-order valence-corrected chi connectivity index (χ4v) is 3.61. The van der Waals surface area contributed by atoms with Crippen molar-refractivity contribution in [1.82, 2.24) is 29.6 Å². The van der Waals surface area contributed by atoms with E-state index >= 15 is 0 Å². The van der Waals surface area contributed by atoms with Crippen LogP contribution in [0.15, 0.2) is 41.3 Å². The van der Waals surface area contributed by atoms with Crippen LogP contribution in [0.4, 0.5) is 0 Å². The van der Waals surface area contributed by atoms with Crippen LogP contribution in [-0.2, 0) is 6.42 Å². The van der Waals surface area contributed by atoms with Crippen LogP contribution in [0.2, 0.25) is 0 Å². The number of rotatable bonds is 4. The molecule has 0 spiro atoms. The third-order valence-corrected chi connectivity index (χ3v) is 5.06. The normalized spacial score (nSPS) is 15.2.